The minimum absolute atomic E-state index is 0.000496. The van der Waals surface area contributed by atoms with Crippen molar-refractivity contribution in [1.29, 1.82) is 0 Å². The molecule has 0 heterocycles. The molecule has 2 unspecified atom stereocenters. The van der Waals surface area contributed by atoms with Crippen LogP contribution in [-0.4, -0.2) is 67.0 Å². The van der Waals surface area contributed by atoms with E-state index in [1.54, 1.807) is 0 Å². The molecule has 0 bridgehead atoms. The summed E-state index contributed by atoms with van der Waals surface area (Å²) in [6.45, 7) is 8.11. The van der Waals surface area contributed by atoms with E-state index in [4.69, 9.17) is 13.7 Å². The lowest BCUT2D eigenvalue weighted by Crippen LogP contribution is -2.62. The number of carboxylic acids is 2. The summed E-state index contributed by atoms with van der Waals surface area (Å²) in [4.78, 5) is 22.6. The molecule has 0 spiro atoms. The smallest absolute Gasteiger partial charge is 0.303 e. The SMILES string of the molecule is [2H]C([C@H]1[C@@H](O)[C@@H]2[C@H](CC[C@]3(C)[C@@H]([C@H](C)CC([2H])([2H])C(=O)O)CC[C@@H]23)[C@@]2(C)CC[C@@H](O)C[C@@H]12)C([2H])([2H])[2H].[2H]C([C@H]1[C@@H](O)[C@@H]2[C@H](CC[C@]3(C)[C@@H]([C@H](C)CCC(=O)O)CC[C@@H]23)[C@@]2(C)CC[C@@H](O)C[C@@H]12)C([2H])([2H])[2H]. The average molecular weight is 851 g/mol. The molecule has 0 aliphatic heterocycles. The molecule has 8 aliphatic rings. The maximum Gasteiger partial charge on any atom is 0.303 e. The van der Waals surface area contributed by atoms with Gasteiger partial charge in [-0.1, -0.05) is 68.0 Å². The van der Waals surface area contributed by atoms with Gasteiger partial charge in [0.05, 0.1) is 24.4 Å². The molecule has 0 aromatic heterocycles. The Hall–Kier alpha value is -1.22. The number of carbonyl (C=O) groups is 2. The van der Waals surface area contributed by atoms with Gasteiger partial charge >= 0.3 is 11.9 Å². The summed E-state index contributed by atoms with van der Waals surface area (Å²) in [7, 11) is 0. The highest BCUT2D eigenvalue weighted by molar-refractivity contribution is 5.66. The summed E-state index contributed by atoms with van der Waals surface area (Å²) >= 11 is 0. The van der Waals surface area contributed by atoms with Gasteiger partial charge in [-0.15, -0.1) is 0 Å². The van der Waals surface area contributed by atoms with Crippen molar-refractivity contribution in [2.45, 2.75) is 208 Å². The molecule has 0 saturated heterocycles. The molecule has 0 aromatic rings. The first kappa shape index (κ1) is 35.1. The summed E-state index contributed by atoms with van der Waals surface area (Å²) in [6.07, 6.45) is 4.21. The van der Waals surface area contributed by atoms with Crippen LogP contribution in [0.15, 0.2) is 0 Å². The highest BCUT2D eigenvalue weighted by atomic mass is 16.4. The van der Waals surface area contributed by atoms with Gasteiger partial charge in [0.25, 0.3) is 0 Å². The minimum atomic E-state index is -2.52. The van der Waals surface area contributed by atoms with Gasteiger partial charge in [0.2, 0.25) is 0 Å². The topological polar surface area (TPSA) is 156 Å². The summed E-state index contributed by atoms with van der Waals surface area (Å²) in [5.41, 5.74) is -0.619. The first-order valence-corrected chi connectivity index (χ1v) is 24.2. The zero-order chi connectivity index (χ0) is 52.2. The maximum absolute atomic E-state index is 11.9. The molecule has 0 radical (unpaired) electrons. The highest BCUT2D eigenvalue weighted by Gasteiger charge is 2.66. The first-order chi connectivity index (χ1) is 32.2. The van der Waals surface area contributed by atoms with Gasteiger partial charge in [0.1, 0.15) is 0 Å². The van der Waals surface area contributed by atoms with Crippen molar-refractivity contribution in [3.8, 4) is 0 Å². The fourth-order valence-electron chi connectivity index (χ4n) is 18.0. The number of aliphatic hydroxyl groups excluding tert-OH is 4. The van der Waals surface area contributed by atoms with Crippen molar-refractivity contribution >= 4 is 11.9 Å². The average Bonchev–Trinajstić information content (AvgIpc) is 3.80. The molecule has 8 saturated carbocycles. The van der Waals surface area contributed by atoms with Crippen molar-refractivity contribution in [1.82, 2.24) is 0 Å². The van der Waals surface area contributed by atoms with E-state index >= 15 is 0 Å². The Kier molecular flexibility index (Phi) is 10.3. The van der Waals surface area contributed by atoms with Crippen LogP contribution in [0.2, 0.25) is 0 Å². The van der Waals surface area contributed by atoms with Gasteiger partial charge in [-0.05, 0) is 207 Å². The van der Waals surface area contributed by atoms with Gasteiger partial charge < -0.3 is 30.6 Å². The summed E-state index contributed by atoms with van der Waals surface area (Å²) in [5.74, 6) is -2.66. The molecule has 8 rings (SSSR count). The molecule has 8 nitrogen and oxygen atoms in total. The molecule has 0 amide bonds. The Bertz CT molecular complexity index is 1890. The summed E-state index contributed by atoms with van der Waals surface area (Å²) in [6, 6.07) is 0. The second-order valence-corrected chi connectivity index (χ2v) is 23.2. The molecule has 8 heteroatoms. The third-order valence-electron chi connectivity index (χ3n) is 20.9. The van der Waals surface area contributed by atoms with Crippen LogP contribution in [0, 0.1) is 105 Å². The van der Waals surface area contributed by atoms with E-state index in [1.807, 2.05) is 6.92 Å². The molecule has 0 aromatic carbocycles. The molecule has 8 fully saturated rings. The van der Waals surface area contributed by atoms with Crippen molar-refractivity contribution in [3.05, 3.63) is 0 Å². The first-order valence-electron chi connectivity index (χ1n) is 29.3. The number of hydrogen-bond acceptors (Lipinski definition) is 6. The standard InChI is InChI=1S/2C26H44O4/c2*1-5-17-21-14-16(27)10-12-26(21,4)20-11-13-25(3)18(15(2)6-9-22(28)29)7-8-19(25)23(20)24(17)30/h2*15-21,23-24,27,30H,5-14H2,1-4H3,(H,28,29)/t2*15-,16-,17-,18-,19+,20+,21+,23+,24-,25-,26-/m11/s1/i1D3,5D,9D2;1D3,5D/t2*5?,15-,16-,17-,18-,19+,20+,21+,23+,24-,25-,26-. The molecule has 344 valence electrons. The van der Waals surface area contributed by atoms with Crippen molar-refractivity contribution in [3.63, 3.8) is 0 Å². The zero-order valence-electron chi connectivity index (χ0n) is 47.6. The van der Waals surface area contributed by atoms with Crippen LogP contribution in [0.1, 0.15) is 197 Å². The number of aliphatic carboxylic acids is 2. The predicted octanol–water partition coefficient (Wildman–Crippen LogP) is 10.2. The van der Waals surface area contributed by atoms with Crippen molar-refractivity contribution in [2.75, 3.05) is 0 Å². The molecule has 6 N–H and O–H groups in total. The molecule has 8 aliphatic carbocycles. The Labute approximate surface area is 377 Å². The minimum Gasteiger partial charge on any atom is -0.481 e. The number of aliphatic hydroxyl groups is 4. The van der Waals surface area contributed by atoms with Crippen LogP contribution in [0.25, 0.3) is 0 Å². The maximum atomic E-state index is 11.9. The van der Waals surface area contributed by atoms with E-state index in [0.29, 0.717) is 43.9 Å². The Morgan fingerprint density at radius 2 is 0.967 bits per heavy atom. The molecular weight excluding hydrogens is 753 g/mol. The molecular formula is C52H88O8. The van der Waals surface area contributed by atoms with Crippen molar-refractivity contribution < 1.29 is 53.9 Å². The van der Waals surface area contributed by atoms with Gasteiger partial charge in [0, 0.05) is 26.5 Å². The van der Waals surface area contributed by atoms with Crippen LogP contribution in [0.5, 0.6) is 0 Å². The quantitative estimate of drug-likeness (QED) is 0.127. The number of fused-ring (bicyclic) bond motifs is 10. The van der Waals surface area contributed by atoms with Gasteiger partial charge in [0.15, 0.2) is 0 Å². The van der Waals surface area contributed by atoms with Crippen LogP contribution in [0.4, 0.5) is 0 Å². The monoisotopic (exact) mass is 851 g/mol. The van der Waals surface area contributed by atoms with Gasteiger partial charge in [-0.25, -0.2) is 0 Å². The van der Waals surface area contributed by atoms with E-state index in [1.165, 1.54) is 0 Å². The van der Waals surface area contributed by atoms with Crippen LogP contribution in [0.3, 0.4) is 0 Å². The normalized spacial score (nSPS) is 55.7. The fourth-order valence-corrected chi connectivity index (χ4v) is 18.0. The number of rotatable bonds is 10. The van der Waals surface area contributed by atoms with Gasteiger partial charge in [-0.3, -0.25) is 9.59 Å². The van der Waals surface area contributed by atoms with E-state index in [9.17, 15) is 40.2 Å². The van der Waals surface area contributed by atoms with Crippen LogP contribution in [-0.2, 0) is 9.59 Å². The second-order valence-electron chi connectivity index (χ2n) is 23.2. The molecule has 60 heavy (non-hydrogen) atoms. The summed E-state index contributed by atoms with van der Waals surface area (Å²) < 4.78 is 81.3. The number of carboxylic acid groups (broad SMARTS) is 2. The summed E-state index contributed by atoms with van der Waals surface area (Å²) in [5, 5.41) is 63.3. The lowest BCUT2D eigenvalue weighted by atomic mass is 9.41. The van der Waals surface area contributed by atoms with Crippen LogP contribution < -0.4 is 0 Å². The van der Waals surface area contributed by atoms with Crippen molar-refractivity contribution in [2.24, 2.45) is 105 Å². The number of hydrogen-bond donors (Lipinski definition) is 6. The Balaban J connectivity index is 0.000000207. The van der Waals surface area contributed by atoms with E-state index in [2.05, 4.69) is 34.6 Å². The van der Waals surface area contributed by atoms with Crippen LogP contribution >= 0.6 is 0 Å². The third-order valence-corrected chi connectivity index (χ3v) is 20.9. The van der Waals surface area contributed by atoms with E-state index in [0.717, 1.165) is 64.2 Å². The Morgan fingerprint density at radius 3 is 1.37 bits per heavy atom. The lowest BCUT2D eigenvalue weighted by molar-refractivity contribution is -0.203. The zero-order valence-corrected chi connectivity index (χ0v) is 37.6. The van der Waals surface area contributed by atoms with Gasteiger partial charge in [-0.2, -0.15) is 0 Å². The Morgan fingerprint density at radius 1 is 0.567 bits per heavy atom. The highest BCUT2D eigenvalue weighted by Crippen LogP contribution is 2.71. The lowest BCUT2D eigenvalue weighted by Gasteiger charge is -2.64. The second kappa shape index (κ2) is 17.6. The van der Waals surface area contributed by atoms with E-state index < -0.39 is 81.1 Å². The third kappa shape index (κ3) is 7.77. The fraction of sp³-hybridized carbons (Fsp3) is 0.962. The predicted molar refractivity (Wildman–Crippen MR) is 236 cm³/mol. The van der Waals surface area contributed by atoms with E-state index in [-0.39, 0.29) is 93.7 Å². The molecule has 24 atom stereocenters. The largest absolute Gasteiger partial charge is 0.481 e.